The molecule has 4 rings (SSSR count). The lowest BCUT2D eigenvalue weighted by atomic mass is 10.1. The summed E-state index contributed by atoms with van der Waals surface area (Å²) < 4.78 is 36.1. The van der Waals surface area contributed by atoms with Crippen molar-refractivity contribution in [2.45, 2.75) is 31.2 Å². The van der Waals surface area contributed by atoms with Gasteiger partial charge in [0.25, 0.3) is 0 Å². The molecule has 0 radical (unpaired) electrons. The van der Waals surface area contributed by atoms with E-state index < -0.39 is 10.0 Å². The molecule has 0 saturated carbocycles. The van der Waals surface area contributed by atoms with E-state index in [4.69, 9.17) is 0 Å². The summed E-state index contributed by atoms with van der Waals surface area (Å²) in [6.07, 6.45) is 0.950. The van der Waals surface area contributed by atoms with Crippen LogP contribution in [0.25, 0.3) is 11.0 Å². The van der Waals surface area contributed by atoms with Gasteiger partial charge in [-0.25, -0.2) is 8.42 Å². The maximum Gasteiger partial charge on any atom is 0.245 e. The van der Waals surface area contributed by atoms with Crippen molar-refractivity contribution in [3.05, 3.63) is 48.0 Å². The van der Waals surface area contributed by atoms with Crippen molar-refractivity contribution in [1.29, 1.82) is 0 Å². The number of rotatable bonds is 6. The van der Waals surface area contributed by atoms with Gasteiger partial charge in [-0.3, -0.25) is 9.69 Å². The summed E-state index contributed by atoms with van der Waals surface area (Å²) in [5.41, 5.74) is 2.98. The minimum absolute atomic E-state index is 0.0983. The molecule has 1 N–H and O–H groups in total. The Balaban J connectivity index is 1.39. The van der Waals surface area contributed by atoms with Gasteiger partial charge in [-0.1, -0.05) is 25.1 Å². The highest BCUT2D eigenvalue weighted by Gasteiger charge is 2.33. The van der Waals surface area contributed by atoms with Crippen molar-refractivity contribution >= 4 is 44.4 Å². The molecular weight excluding hydrogens is 434 g/mol. The number of carbonyl (C=O) groups is 1. The number of nitrogens with one attached hydrogen (secondary N) is 1. The van der Waals surface area contributed by atoms with Crippen molar-refractivity contribution < 1.29 is 13.2 Å². The predicted molar refractivity (Wildman–Crippen MR) is 122 cm³/mol. The Bertz CT molecular complexity index is 1170. The fourth-order valence-electron chi connectivity index (χ4n) is 3.70. The maximum absolute atomic E-state index is 13.2. The fraction of sp³-hybridized carbons (Fsp3) is 0.381. The molecule has 0 bridgehead atoms. The summed E-state index contributed by atoms with van der Waals surface area (Å²) in [6, 6.07) is 12.5. The molecule has 1 unspecified atom stereocenters. The summed E-state index contributed by atoms with van der Waals surface area (Å²) >= 11 is 1.00. The predicted octanol–water partition coefficient (Wildman–Crippen LogP) is 2.59. The largest absolute Gasteiger partial charge is 0.325 e. The van der Waals surface area contributed by atoms with Gasteiger partial charge < -0.3 is 5.32 Å². The number of nitrogens with zero attached hydrogens (tertiary/aromatic N) is 4. The first kappa shape index (κ1) is 21.8. The van der Waals surface area contributed by atoms with Crippen molar-refractivity contribution in [3.63, 3.8) is 0 Å². The second kappa shape index (κ2) is 8.99. The van der Waals surface area contributed by atoms with Crippen LogP contribution in [0.2, 0.25) is 0 Å². The Labute approximate surface area is 186 Å². The van der Waals surface area contributed by atoms with E-state index in [9.17, 15) is 13.2 Å². The van der Waals surface area contributed by atoms with E-state index in [0.717, 1.165) is 23.8 Å². The van der Waals surface area contributed by atoms with Crippen LogP contribution in [0.5, 0.6) is 0 Å². The lowest BCUT2D eigenvalue weighted by Crippen LogP contribution is -2.53. The zero-order valence-corrected chi connectivity index (χ0v) is 19.1. The van der Waals surface area contributed by atoms with Gasteiger partial charge in [-0.05, 0) is 43.2 Å². The third-order valence-corrected chi connectivity index (χ3v) is 8.17. The smallest absolute Gasteiger partial charge is 0.245 e. The van der Waals surface area contributed by atoms with Crippen molar-refractivity contribution in [2.75, 3.05) is 31.5 Å². The number of benzene rings is 2. The number of hydrogen-bond acceptors (Lipinski definition) is 7. The number of piperazine rings is 1. The summed E-state index contributed by atoms with van der Waals surface area (Å²) in [6.45, 7) is 5.53. The van der Waals surface area contributed by atoms with Gasteiger partial charge in [0.05, 0.1) is 17.8 Å². The molecule has 0 spiro atoms. The monoisotopic (exact) mass is 459 g/mol. The molecule has 1 aromatic heterocycles. The van der Waals surface area contributed by atoms with Crippen molar-refractivity contribution in [3.8, 4) is 0 Å². The second-order valence-corrected chi connectivity index (χ2v) is 9.98. The first-order valence-electron chi connectivity index (χ1n) is 10.3. The minimum Gasteiger partial charge on any atom is -0.325 e. The second-order valence-electron chi connectivity index (χ2n) is 7.54. The Morgan fingerprint density at radius 3 is 2.48 bits per heavy atom. The number of anilines is 1. The molecule has 1 atom stereocenters. The average molecular weight is 460 g/mol. The highest BCUT2D eigenvalue weighted by atomic mass is 32.2. The van der Waals surface area contributed by atoms with Crippen LogP contribution in [0, 0.1) is 0 Å². The first-order valence-corrected chi connectivity index (χ1v) is 12.4. The van der Waals surface area contributed by atoms with Crippen LogP contribution in [0.1, 0.15) is 19.4 Å². The van der Waals surface area contributed by atoms with Gasteiger partial charge in [0, 0.05) is 31.9 Å². The molecule has 2 heterocycles. The zero-order valence-electron chi connectivity index (χ0n) is 17.5. The van der Waals surface area contributed by atoms with Gasteiger partial charge in [-0.2, -0.15) is 13.1 Å². The Morgan fingerprint density at radius 2 is 1.81 bits per heavy atom. The molecule has 1 aliphatic rings. The molecule has 3 aromatic rings. The molecule has 0 aliphatic carbocycles. The van der Waals surface area contributed by atoms with E-state index in [1.54, 1.807) is 18.2 Å². The molecule has 2 aromatic carbocycles. The van der Waals surface area contributed by atoms with Gasteiger partial charge in [0.2, 0.25) is 15.9 Å². The normalized spacial score (nSPS) is 17.0. The Hall–Kier alpha value is -2.40. The summed E-state index contributed by atoms with van der Waals surface area (Å²) in [7, 11) is -3.67. The van der Waals surface area contributed by atoms with Gasteiger partial charge in [-0.15, -0.1) is 0 Å². The molecule has 10 heteroatoms. The van der Waals surface area contributed by atoms with Gasteiger partial charge in [0.15, 0.2) is 0 Å². The highest BCUT2D eigenvalue weighted by Crippen LogP contribution is 2.25. The Kier molecular flexibility index (Phi) is 6.33. The topological polar surface area (TPSA) is 95.5 Å². The van der Waals surface area contributed by atoms with E-state index in [1.165, 1.54) is 9.87 Å². The van der Waals surface area contributed by atoms with E-state index in [0.29, 0.717) is 37.2 Å². The summed E-state index contributed by atoms with van der Waals surface area (Å²) in [5.74, 6) is -0.0983. The zero-order chi connectivity index (χ0) is 22.0. The SMILES string of the molecule is CCc1ccc(NC(=O)C(C)N2CCN(S(=O)(=O)c3cccc4nsnc34)CC2)cc1. The number of amides is 1. The third kappa shape index (κ3) is 4.47. The van der Waals surface area contributed by atoms with Gasteiger partial charge in [0.1, 0.15) is 15.9 Å². The number of sulfonamides is 1. The molecule has 1 saturated heterocycles. The number of aryl methyl sites for hydroxylation is 1. The molecule has 1 fully saturated rings. The summed E-state index contributed by atoms with van der Waals surface area (Å²) in [5, 5.41) is 2.95. The third-order valence-electron chi connectivity index (χ3n) is 5.70. The average Bonchev–Trinajstić information content (AvgIpc) is 3.28. The lowest BCUT2D eigenvalue weighted by molar-refractivity contribution is -0.121. The van der Waals surface area contributed by atoms with Gasteiger partial charge >= 0.3 is 0 Å². The van der Waals surface area contributed by atoms with Crippen LogP contribution in [0.4, 0.5) is 5.69 Å². The molecule has 164 valence electrons. The molecule has 1 amide bonds. The van der Waals surface area contributed by atoms with Crippen LogP contribution in [0.3, 0.4) is 0 Å². The Morgan fingerprint density at radius 1 is 1.10 bits per heavy atom. The van der Waals surface area contributed by atoms with Crippen LogP contribution in [-0.2, 0) is 21.2 Å². The van der Waals surface area contributed by atoms with Crippen molar-refractivity contribution in [1.82, 2.24) is 18.0 Å². The first-order chi connectivity index (χ1) is 14.9. The number of carbonyl (C=O) groups excluding carboxylic acids is 1. The molecule has 31 heavy (non-hydrogen) atoms. The molecular formula is C21H25N5O3S2. The number of aromatic nitrogens is 2. The van der Waals surface area contributed by atoms with Crippen LogP contribution >= 0.6 is 11.7 Å². The fourth-order valence-corrected chi connectivity index (χ4v) is 5.87. The van der Waals surface area contributed by atoms with Crippen LogP contribution in [0.15, 0.2) is 47.4 Å². The standard InChI is InChI=1S/C21H25N5O3S2/c1-3-16-7-9-17(10-8-16)22-21(27)15(2)25-11-13-26(14-12-25)31(28,29)19-6-4-5-18-20(19)24-30-23-18/h4-10,15H,3,11-14H2,1-2H3,(H,22,27). The van der Waals surface area contributed by atoms with E-state index >= 15 is 0 Å². The number of hydrogen-bond donors (Lipinski definition) is 1. The molecule has 8 nitrogen and oxygen atoms in total. The quantitative estimate of drug-likeness (QED) is 0.609. The van der Waals surface area contributed by atoms with Crippen molar-refractivity contribution in [2.24, 2.45) is 0 Å². The highest BCUT2D eigenvalue weighted by molar-refractivity contribution is 7.89. The minimum atomic E-state index is -3.67. The van der Waals surface area contributed by atoms with E-state index in [2.05, 4.69) is 21.0 Å². The van der Waals surface area contributed by atoms with E-state index in [1.807, 2.05) is 36.1 Å². The molecule has 1 aliphatic heterocycles. The van der Waals surface area contributed by atoms with E-state index in [-0.39, 0.29) is 16.8 Å². The van der Waals surface area contributed by atoms with Crippen LogP contribution in [-0.4, -0.2) is 64.5 Å². The number of fused-ring (bicyclic) bond motifs is 1. The summed E-state index contributed by atoms with van der Waals surface area (Å²) in [4.78, 5) is 14.9. The lowest BCUT2D eigenvalue weighted by Gasteiger charge is -2.36. The van der Waals surface area contributed by atoms with Crippen LogP contribution < -0.4 is 5.32 Å². The maximum atomic E-state index is 13.2.